The van der Waals surface area contributed by atoms with Crippen LogP contribution >= 0.6 is 23.2 Å². The van der Waals surface area contributed by atoms with Gasteiger partial charge in [0.2, 0.25) is 11.7 Å². The van der Waals surface area contributed by atoms with Crippen LogP contribution in [0.3, 0.4) is 0 Å². The van der Waals surface area contributed by atoms with Crippen LogP contribution in [0.15, 0.2) is 70.1 Å². The molecule has 168 valence electrons. The maximum atomic E-state index is 12.8. The first-order chi connectivity index (χ1) is 16.1. The van der Waals surface area contributed by atoms with E-state index >= 15 is 0 Å². The van der Waals surface area contributed by atoms with E-state index in [1.807, 2.05) is 48.5 Å². The maximum Gasteiger partial charge on any atom is 0.292 e. The number of hydrogen-bond donors (Lipinski definition) is 0. The Labute approximate surface area is 200 Å². The molecule has 10 heteroatoms. The molecule has 2 aromatic heterocycles. The first-order valence-electron chi connectivity index (χ1n) is 10.5. The van der Waals surface area contributed by atoms with Crippen molar-refractivity contribution in [3.05, 3.63) is 87.1 Å². The van der Waals surface area contributed by atoms with Gasteiger partial charge in [0.1, 0.15) is 5.02 Å². The number of nitrogens with zero attached hydrogens (tertiary/aromatic N) is 6. The highest BCUT2D eigenvalue weighted by molar-refractivity contribution is 6.33. The molecule has 0 bridgehead atoms. The zero-order valence-electron chi connectivity index (χ0n) is 17.6. The number of rotatable bonds is 5. The Hall–Kier alpha value is -3.20. The van der Waals surface area contributed by atoms with Gasteiger partial charge in [-0.2, -0.15) is 14.8 Å². The molecule has 0 amide bonds. The molecular formula is C23H20Cl2N6O2. The monoisotopic (exact) mass is 482 g/mol. The molecule has 0 saturated carbocycles. The molecule has 33 heavy (non-hydrogen) atoms. The van der Waals surface area contributed by atoms with E-state index in [2.05, 4.69) is 25.0 Å². The van der Waals surface area contributed by atoms with Crippen molar-refractivity contribution < 1.29 is 4.52 Å². The maximum absolute atomic E-state index is 12.8. The highest BCUT2D eigenvalue weighted by atomic mass is 35.5. The molecule has 0 atom stereocenters. The predicted molar refractivity (Wildman–Crippen MR) is 127 cm³/mol. The van der Waals surface area contributed by atoms with Crippen LogP contribution in [0.2, 0.25) is 10.0 Å². The molecule has 2 aromatic carbocycles. The van der Waals surface area contributed by atoms with Crippen molar-refractivity contribution in [2.75, 3.05) is 31.1 Å². The van der Waals surface area contributed by atoms with Crippen LogP contribution in [0.25, 0.3) is 17.1 Å². The lowest BCUT2D eigenvalue weighted by Crippen LogP contribution is -2.46. The smallest absolute Gasteiger partial charge is 0.292 e. The molecule has 1 aliphatic rings. The van der Waals surface area contributed by atoms with E-state index in [0.717, 1.165) is 18.7 Å². The number of para-hydroxylation sites is 1. The first-order valence-corrected chi connectivity index (χ1v) is 11.2. The Morgan fingerprint density at radius 3 is 2.42 bits per heavy atom. The summed E-state index contributed by atoms with van der Waals surface area (Å²) in [6, 6.07) is 16.6. The zero-order chi connectivity index (χ0) is 22.8. The second kappa shape index (κ2) is 9.35. The average Bonchev–Trinajstić information content (AvgIpc) is 3.30. The molecule has 0 spiro atoms. The third-order valence-electron chi connectivity index (χ3n) is 5.56. The van der Waals surface area contributed by atoms with Crippen LogP contribution in [-0.2, 0) is 6.54 Å². The van der Waals surface area contributed by atoms with Crippen LogP contribution < -0.4 is 10.5 Å². The standard InChI is InChI=1S/C23H20Cl2N6O2/c24-18-9-5-4-8-17(18)22-27-20(33-28-22)15-29-10-12-30(13-11-29)19-14-26-31(23(32)21(19)25)16-6-2-1-3-7-16/h1-9,14H,10-13,15H2. The van der Waals surface area contributed by atoms with Crippen LogP contribution in [0, 0.1) is 0 Å². The largest absolute Gasteiger partial charge is 0.366 e. The lowest BCUT2D eigenvalue weighted by molar-refractivity contribution is 0.215. The highest BCUT2D eigenvalue weighted by Crippen LogP contribution is 2.26. The number of hydrogen-bond acceptors (Lipinski definition) is 7. The Bertz CT molecular complexity index is 1320. The molecule has 0 radical (unpaired) electrons. The molecule has 8 nitrogen and oxygen atoms in total. The van der Waals surface area contributed by atoms with Gasteiger partial charge in [-0.15, -0.1) is 0 Å². The Morgan fingerprint density at radius 1 is 0.939 bits per heavy atom. The van der Waals surface area contributed by atoms with Gasteiger partial charge in [-0.1, -0.05) is 58.7 Å². The minimum atomic E-state index is -0.333. The summed E-state index contributed by atoms with van der Waals surface area (Å²) in [4.78, 5) is 21.6. The molecule has 4 aromatic rings. The van der Waals surface area contributed by atoms with Gasteiger partial charge in [0.15, 0.2) is 0 Å². The quantitative estimate of drug-likeness (QED) is 0.426. The number of aromatic nitrogens is 4. The molecule has 5 rings (SSSR count). The Morgan fingerprint density at radius 2 is 1.67 bits per heavy atom. The van der Waals surface area contributed by atoms with E-state index in [1.54, 1.807) is 12.3 Å². The fourth-order valence-electron chi connectivity index (χ4n) is 3.81. The van der Waals surface area contributed by atoms with Crippen LogP contribution in [0.1, 0.15) is 5.89 Å². The van der Waals surface area contributed by atoms with Crippen molar-refractivity contribution >= 4 is 28.9 Å². The molecule has 0 N–H and O–H groups in total. The zero-order valence-corrected chi connectivity index (χ0v) is 19.1. The number of anilines is 1. The predicted octanol–water partition coefficient (Wildman–Crippen LogP) is 3.91. The Kier molecular flexibility index (Phi) is 6.13. The molecule has 1 saturated heterocycles. The third-order valence-corrected chi connectivity index (χ3v) is 6.24. The second-order valence-electron chi connectivity index (χ2n) is 7.65. The van der Waals surface area contributed by atoms with Crippen LogP contribution in [-0.4, -0.2) is 51.0 Å². The van der Waals surface area contributed by atoms with E-state index in [-0.39, 0.29) is 10.6 Å². The van der Waals surface area contributed by atoms with Gasteiger partial charge in [0.25, 0.3) is 5.56 Å². The lowest BCUT2D eigenvalue weighted by atomic mass is 10.2. The molecule has 3 heterocycles. The summed E-state index contributed by atoms with van der Waals surface area (Å²) in [5.41, 5.74) is 1.73. The minimum absolute atomic E-state index is 0.170. The molecule has 0 aliphatic carbocycles. The van der Waals surface area contributed by atoms with Crippen molar-refractivity contribution in [3.63, 3.8) is 0 Å². The number of halogens is 2. The minimum Gasteiger partial charge on any atom is -0.366 e. The topological polar surface area (TPSA) is 80.3 Å². The van der Waals surface area contributed by atoms with Crippen molar-refractivity contribution in [2.45, 2.75) is 6.54 Å². The van der Waals surface area contributed by atoms with E-state index in [9.17, 15) is 4.79 Å². The molecule has 1 aliphatic heterocycles. The highest BCUT2D eigenvalue weighted by Gasteiger charge is 2.23. The van der Waals surface area contributed by atoms with Gasteiger partial charge in [0.05, 0.1) is 29.1 Å². The van der Waals surface area contributed by atoms with Crippen molar-refractivity contribution in [3.8, 4) is 17.1 Å². The van der Waals surface area contributed by atoms with Gasteiger partial charge in [-0.3, -0.25) is 9.69 Å². The SMILES string of the molecule is O=c1c(Cl)c(N2CCN(Cc3nc(-c4ccccc4Cl)no3)CC2)cnn1-c1ccccc1. The van der Waals surface area contributed by atoms with E-state index in [4.69, 9.17) is 27.7 Å². The summed E-state index contributed by atoms with van der Waals surface area (Å²) in [5.74, 6) is 1.01. The van der Waals surface area contributed by atoms with Crippen LogP contribution in [0.5, 0.6) is 0 Å². The normalized spacial score (nSPS) is 14.5. The van der Waals surface area contributed by atoms with E-state index in [0.29, 0.717) is 47.7 Å². The summed E-state index contributed by atoms with van der Waals surface area (Å²) in [5, 5.41) is 9.14. The van der Waals surface area contributed by atoms with E-state index in [1.165, 1.54) is 4.68 Å². The van der Waals surface area contributed by atoms with E-state index < -0.39 is 0 Å². The van der Waals surface area contributed by atoms with Crippen LogP contribution in [0.4, 0.5) is 5.69 Å². The molecule has 1 fully saturated rings. The fourth-order valence-corrected chi connectivity index (χ4v) is 4.28. The third kappa shape index (κ3) is 4.50. The van der Waals surface area contributed by atoms with Gasteiger partial charge in [-0.25, -0.2) is 0 Å². The summed E-state index contributed by atoms with van der Waals surface area (Å²) >= 11 is 12.7. The van der Waals surface area contributed by atoms with Crippen molar-refractivity contribution in [1.29, 1.82) is 0 Å². The van der Waals surface area contributed by atoms with Gasteiger partial charge >= 0.3 is 0 Å². The molecular weight excluding hydrogens is 463 g/mol. The summed E-state index contributed by atoms with van der Waals surface area (Å²) in [6.45, 7) is 3.43. The lowest BCUT2D eigenvalue weighted by Gasteiger charge is -2.35. The van der Waals surface area contributed by atoms with Crippen molar-refractivity contribution in [2.24, 2.45) is 0 Å². The van der Waals surface area contributed by atoms with Crippen molar-refractivity contribution in [1.82, 2.24) is 24.8 Å². The number of benzene rings is 2. The Balaban J connectivity index is 1.24. The molecule has 0 unspecified atom stereocenters. The van der Waals surface area contributed by atoms with Gasteiger partial charge in [0, 0.05) is 31.7 Å². The number of piperazine rings is 1. The summed E-state index contributed by atoms with van der Waals surface area (Å²) < 4.78 is 6.74. The first kappa shape index (κ1) is 21.6. The second-order valence-corrected chi connectivity index (χ2v) is 8.44. The summed E-state index contributed by atoms with van der Waals surface area (Å²) in [7, 11) is 0. The fraction of sp³-hybridized carbons (Fsp3) is 0.217. The van der Waals surface area contributed by atoms with Gasteiger partial charge < -0.3 is 9.42 Å². The summed E-state index contributed by atoms with van der Waals surface area (Å²) in [6.07, 6.45) is 1.65. The van der Waals surface area contributed by atoms with Gasteiger partial charge in [-0.05, 0) is 24.3 Å². The average molecular weight is 483 g/mol.